The maximum absolute atomic E-state index is 11.5. The minimum Gasteiger partial charge on any atom is -0.300 e. The van der Waals surface area contributed by atoms with Gasteiger partial charge in [-0.25, -0.2) is 58.9 Å². The molecule has 0 unspecified atom stereocenters. The van der Waals surface area contributed by atoms with E-state index in [1.807, 2.05) is 69.2 Å². The Balaban J connectivity index is -0.000000182. The van der Waals surface area contributed by atoms with E-state index < -0.39 is 73.6 Å². The Bertz CT molecular complexity index is 2860. The van der Waals surface area contributed by atoms with Crippen LogP contribution in [0.4, 0.5) is 0 Å². The number of Topliss-reactive ketones (excluding diaryl/α,β-unsaturated/α-hetero) is 4. The molecule has 4 rings (SSSR count). The molecule has 4 fully saturated rings. The Kier molecular flexibility index (Phi) is 57.8. The zero-order chi connectivity index (χ0) is 78.3. The van der Waals surface area contributed by atoms with E-state index in [-0.39, 0.29) is 87.7 Å². The molecule has 0 amide bonds. The Labute approximate surface area is 593 Å². The Morgan fingerprint density at radius 3 is 0.823 bits per heavy atom. The third-order valence-electron chi connectivity index (χ3n) is 16.3. The number of rotatable bonds is 21. The lowest BCUT2D eigenvalue weighted by atomic mass is 9.83. The van der Waals surface area contributed by atoms with Crippen molar-refractivity contribution in [1.29, 1.82) is 0 Å². The average molecular weight is 1510 g/mol. The lowest BCUT2D eigenvalue weighted by Gasteiger charge is -2.21. The first kappa shape index (κ1) is 108. The van der Waals surface area contributed by atoms with Crippen LogP contribution in [-0.2, 0) is 88.0 Å². The summed E-state index contributed by atoms with van der Waals surface area (Å²) in [6.07, 6.45) is 17.9. The molecule has 0 aromatic carbocycles. The SMILES string of the molecule is CC(=O)C(C)C.CC(C)C(=O)C1CC1.CC(C)C(=O)C1CCCCC1.CC(C)S(=O)(=O)C(C)(C)C.CC(C)S(=O)(=O)C(C)C.CC(C)S(=O)(=O)C1CC1.CC(C)S(=O)(=O)C1CCCC1.CC(C)S(C)(=O)=O.CCC(=O)C(C)C.CCCCS(=O)(=O)C(C)C.CCS(=O)(=O)C(C)C. The quantitative estimate of drug-likeness (QED) is 0.103. The first-order valence-corrected chi connectivity index (χ1v) is 47.3. The van der Waals surface area contributed by atoms with Crippen LogP contribution in [0, 0.1) is 35.5 Å². The highest BCUT2D eigenvalue weighted by atomic mass is 32.2. The van der Waals surface area contributed by atoms with Crippen LogP contribution in [0.5, 0.6) is 0 Å². The van der Waals surface area contributed by atoms with Gasteiger partial charge in [0.25, 0.3) is 0 Å². The fourth-order valence-corrected chi connectivity index (χ4v) is 15.3. The molecule has 25 heteroatoms. The molecule has 0 aliphatic heterocycles. The monoisotopic (exact) mass is 1510 g/mol. The topological polar surface area (TPSA) is 307 Å². The fraction of sp³-hybridized carbons (Fsp3) is 0.944. The molecule has 582 valence electrons. The van der Waals surface area contributed by atoms with Gasteiger partial charge in [-0.3, -0.25) is 19.2 Å². The van der Waals surface area contributed by atoms with Crippen LogP contribution in [0.3, 0.4) is 0 Å². The van der Waals surface area contributed by atoms with Crippen molar-refractivity contribution in [1.82, 2.24) is 0 Å². The predicted octanol–water partition coefficient (Wildman–Crippen LogP) is 15.7. The first-order valence-electron chi connectivity index (χ1n) is 35.5. The van der Waals surface area contributed by atoms with Gasteiger partial charge >= 0.3 is 0 Å². The maximum atomic E-state index is 11.5. The van der Waals surface area contributed by atoms with E-state index in [9.17, 15) is 78.1 Å². The van der Waals surface area contributed by atoms with Crippen LogP contribution in [0.15, 0.2) is 0 Å². The summed E-state index contributed by atoms with van der Waals surface area (Å²) in [5.74, 6) is 3.98. The summed E-state index contributed by atoms with van der Waals surface area (Å²) in [5, 5.41) is -1.78. The van der Waals surface area contributed by atoms with Crippen molar-refractivity contribution in [2.24, 2.45) is 35.5 Å². The van der Waals surface area contributed by atoms with Gasteiger partial charge in [0, 0.05) is 53.9 Å². The summed E-state index contributed by atoms with van der Waals surface area (Å²) in [7, 11) is -19.4. The van der Waals surface area contributed by atoms with E-state index in [1.165, 1.54) is 25.5 Å². The van der Waals surface area contributed by atoms with Crippen molar-refractivity contribution in [3.05, 3.63) is 0 Å². The minimum absolute atomic E-state index is 0.0116. The number of ketones is 4. The van der Waals surface area contributed by atoms with Gasteiger partial charge in [0.1, 0.15) is 33.0 Å². The van der Waals surface area contributed by atoms with E-state index in [1.54, 1.807) is 145 Å². The van der Waals surface area contributed by atoms with Gasteiger partial charge in [-0.05, 0) is 196 Å². The van der Waals surface area contributed by atoms with E-state index in [0.29, 0.717) is 41.4 Å². The highest BCUT2D eigenvalue weighted by molar-refractivity contribution is 7.94. The second kappa shape index (κ2) is 51.5. The Morgan fingerprint density at radius 2 is 0.677 bits per heavy atom. The second-order valence-corrected chi connectivity index (χ2v) is 49.9. The summed E-state index contributed by atoms with van der Waals surface area (Å²) in [6, 6.07) is 0. The molecule has 4 saturated carbocycles. The molecule has 4 aliphatic carbocycles. The normalized spacial score (nSPS) is 15.6. The van der Waals surface area contributed by atoms with Gasteiger partial charge in [-0.2, -0.15) is 0 Å². The van der Waals surface area contributed by atoms with Crippen LogP contribution in [0.1, 0.15) is 317 Å². The third kappa shape index (κ3) is 51.5. The van der Waals surface area contributed by atoms with Crippen molar-refractivity contribution in [3.8, 4) is 0 Å². The van der Waals surface area contributed by atoms with Crippen molar-refractivity contribution in [2.45, 2.75) is 375 Å². The van der Waals surface area contributed by atoms with E-state index in [0.717, 1.165) is 77.0 Å². The molecule has 0 aromatic rings. The second-order valence-electron chi connectivity index (χ2n) is 29.9. The van der Waals surface area contributed by atoms with E-state index in [4.69, 9.17) is 0 Å². The Morgan fingerprint density at radius 1 is 0.375 bits per heavy atom. The van der Waals surface area contributed by atoms with Gasteiger partial charge in [0.2, 0.25) is 0 Å². The first-order chi connectivity index (χ1) is 42.9. The largest absolute Gasteiger partial charge is 0.300 e. The lowest BCUT2D eigenvalue weighted by molar-refractivity contribution is -0.127. The van der Waals surface area contributed by atoms with Crippen LogP contribution >= 0.6 is 0 Å². The number of carbonyl (C=O) groups is 4. The summed E-state index contributed by atoms with van der Waals surface area (Å²) >= 11 is 0. The summed E-state index contributed by atoms with van der Waals surface area (Å²) in [4.78, 5) is 43.1. The number of sulfone groups is 7. The van der Waals surface area contributed by atoms with E-state index >= 15 is 0 Å². The molecule has 0 spiro atoms. The van der Waals surface area contributed by atoms with Crippen molar-refractivity contribution < 1.29 is 78.1 Å². The number of hydrogen-bond acceptors (Lipinski definition) is 18. The van der Waals surface area contributed by atoms with Gasteiger partial charge in [0.05, 0.1) is 63.0 Å². The van der Waals surface area contributed by atoms with Crippen molar-refractivity contribution in [2.75, 3.05) is 17.8 Å². The molecule has 0 aromatic heterocycles. The summed E-state index contributed by atoms with van der Waals surface area (Å²) in [5.41, 5.74) is 0. The smallest absolute Gasteiger partial charge is 0.157 e. The van der Waals surface area contributed by atoms with Gasteiger partial charge in [-0.15, -0.1) is 0 Å². The van der Waals surface area contributed by atoms with Crippen LogP contribution < -0.4 is 0 Å². The molecular weight excluding hydrogens is 1370 g/mol. The van der Waals surface area contributed by atoms with Gasteiger partial charge in [0.15, 0.2) is 59.0 Å². The van der Waals surface area contributed by atoms with Gasteiger partial charge < -0.3 is 0 Å². The number of unbranched alkanes of at least 4 members (excludes halogenated alkanes) is 1. The molecule has 96 heavy (non-hydrogen) atoms. The van der Waals surface area contributed by atoms with Crippen molar-refractivity contribution >= 4 is 92.0 Å². The molecule has 0 N–H and O–H groups in total. The average Bonchev–Trinajstić information content (AvgIpc) is 1.65. The van der Waals surface area contributed by atoms with Crippen LogP contribution in [-0.4, -0.2) is 157 Å². The fourth-order valence-electron chi connectivity index (χ4n) is 7.66. The highest BCUT2D eigenvalue weighted by Gasteiger charge is 2.37. The van der Waals surface area contributed by atoms with Gasteiger partial charge in [-0.1, -0.05) is 115 Å². The molecule has 0 saturated heterocycles. The maximum Gasteiger partial charge on any atom is 0.157 e. The molecule has 0 atom stereocenters. The third-order valence-corrected chi connectivity index (χ3v) is 33.5. The molecular formula is C71H148O18S7. The van der Waals surface area contributed by atoms with Crippen LogP contribution in [0.2, 0.25) is 0 Å². The molecule has 4 aliphatic rings. The molecule has 0 bridgehead atoms. The van der Waals surface area contributed by atoms with E-state index in [2.05, 4.69) is 0 Å². The minimum atomic E-state index is -2.91. The van der Waals surface area contributed by atoms with Crippen LogP contribution in [0.25, 0.3) is 0 Å². The molecule has 18 nitrogen and oxygen atoms in total. The standard InChI is InChI=1S/C10H18O.C8H16O2S.2C7H16O2S.C7H12O.C6H12O2S.C6H14O2S.C6H12O.C5H12O2S.C5H10O.C4H10O2S/c1-8(2)10(11)9-6-4-3-5-7-9;1-7(2)11(9,10)8-5-3-4-6-8;1-6(2)10(8,9)7(3,4)5;1-4-5-6-10(8,9)7(2)3;1-5(2)7(8)6-3-4-6;1-5(2)9(7,8)6-3-4-6;1-5(2)9(7,8)6(3)4;1-4-6(7)5(2)3;1-4-8(6,7)5(2)3;1-4(2)5(3)6;1-4(2)7(3,5)6/h8-9H,3-7H2,1-2H3;7-8H,3-6H2,1-2H3;6H,1-5H3;7H,4-6H2,1-3H3;5-6H,3-4H2,1-2H3;5-6H,3-4H2,1-2H3;5-6H,1-4H3;5H,4H2,1-3H3;5H,4H2,1-3H3;4H,1-3H3;4H,1-3H3. The summed E-state index contributed by atoms with van der Waals surface area (Å²) < 4.78 is 154. The Hall–Kier alpha value is -1.67. The zero-order valence-electron chi connectivity index (χ0n) is 66.7. The summed E-state index contributed by atoms with van der Waals surface area (Å²) in [6.45, 7) is 55.3. The van der Waals surface area contributed by atoms with Crippen molar-refractivity contribution in [3.63, 3.8) is 0 Å². The predicted molar refractivity (Wildman–Crippen MR) is 409 cm³/mol. The molecule has 0 heterocycles. The molecule has 0 radical (unpaired) electrons. The lowest BCUT2D eigenvalue weighted by Crippen LogP contribution is -2.34. The number of carbonyl (C=O) groups excluding carboxylic acids is 4. The zero-order valence-corrected chi connectivity index (χ0v) is 72.4. The number of hydrogen-bond donors (Lipinski definition) is 0. The highest BCUT2D eigenvalue weighted by Crippen LogP contribution is 2.33.